The lowest BCUT2D eigenvalue weighted by atomic mass is 9.96. The Labute approximate surface area is 168 Å². The number of carbonyl (C=O) groups excluding carboxylic acids is 4. The van der Waals surface area contributed by atoms with Crippen LogP contribution < -0.4 is 15.4 Å². The van der Waals surface area contributed by atoms with Crippen LogP contribution in [0.3, 0.4) is 0 Å². The quantitative estimate of drug-likeness (QED) is 0.273. The molecule has 0 spiro atoms. The van der Waals surface area contributed by atoms with Gasteiger partial charge in [-0.3, -0.25) is 19.2 Å². The number of amides is 3. The molecule has 4 rings (SSSR count). The number of hydrogen-bond acceptors (Lipinski definition) is 7. The highest BCUT2D eigenvalue weighted by Crippen LogP contribution is 2.50. The zero-order valence-corrected chi connectivity index (χ0v) is 16.2. The molecular formula is C18H17N3O7S. The zero-order chi connectivity index (χ0) is 21.1. The molecule has 0 aromatic heterocycles. The molecule has 1 aromatic rings. The average Bonchev–Trinajstić information content (AvgIpc) is 2.78. The van der Waals surface area contributed by atoms with E-state index < -0.39 is 58.3 Å². The van der Waals surface area contributed by atoms with E-state index in [0.29, 0.717) is 0 Å². The first-order valence-electron chi connectivity index (χ1n) is 8.77. The van der Waals surface area contributed by atoms with Crippen LogP contribution in [0.15, 0.2) is 18.2 Å². The summed E-state index contributed by atoms with van der Waals surface area (Å²) in [5, 5.41) is 14.1. The van der Waals surface area contributed by atoms with Gasteiger partial charge in [0.2, 0.25) is 11.8 Å². The molecule has 0 radical (unpaired) electrons. The smallest absolute Gasteiger partial charge is 0.327 e. The maximum absolute atomic E-state index is 12.6. The number of nitrogens with one attached hydrogen (secondary N) is 2. The van der Waals surface area contributed by atoms with Crippen LogP contribution in [0.1, 0.15) is 30.6 Å². The molecule has 10 nitrogen and oxygen atoms in total. The van der Waals surface area contributed by atoms with Gasteiger partial charge in [0.25, 0.3) is 5.91 Å². The third kappa shape index (κ3) is 3.11. The largest absolute Gasteiger partial charge is 0.480 e. The SMILES string of the molecule is CC1(C)S[C@@H]2[C@H](NC(=O)c3ccc4c(c3)NC(=O)CC(=O)O4)C(=O)N2[C@H]1C(=O)O. The number of thioether (sulfide) groups is 1. The highest BCUT2D eigenvalue weighted by atomic mass is 32.2. The van der Waals surface area contributed by atoms with Gasteiger partial charge in [-0.25, -0.2) is 4.79 Å². The van der Waals surface area contributed by atoms with Crippen molar-refractivity contribution in [3.8, 4) is 5.75 Å². The van der Waals surface area contributed by atoms with Crippen molar-refractivity contribution in [3.63, 3.8) is 0 Å². The van der Waals surface area contributed by atoms with Crippen LogP contribution in [-0.2, 0) is 19.2 Å². The summed E-state index contributed by atoms with van der Waals surface area (Å²) in [7, 11) is 0. The fourth-order valence-electron chi connectivity index (χ4n) is 3.71. The van der Waals surface area contributed by atoms with Crippen molar-refractivity contribution >= 4 is 47.1 Å². The number of ether oxygens (including phenoxy) is 1. The van der Waals surface area contributed by atoms with E-state index in [1.807, 2.05) is 0 Å². The molecule has 11 heteroatoms. The number of aliphatic carboxylic acids is 1. The van der Waals surface area contributed by atoms with Crippen LogP contribution in [0.4, 0.5) is 5.69 Å². The maximum atomic E-state index is 12.6. The second kappa shape index (κ2) is 6.48. The van der Waals surface area contributed by atoms with Crippen LogP contribution in [-0.4, -0.2) is 61.9 Å². The Balaban J connectivity index is 1.51. The Bertz CT molecular complexity index is 976. The van der Waals surface area contributed by atoms with Crippen molar-refractivity contribution in [1.82, 2.24) is 10.2 Å². The topological polar surface area (TPSA) is 142 Å². The number of esters is 1. The van der Waals surface area contributed by atoms with Gasteiger partial charge in [-0.05, 0) is 32.0 Å². The molecule has 29 heavy (non-hydrogen) atoms. The number of benzene rings is 1. The van der Waals surface area contributed by atoms with E-state index in [9.17, 15) is 29.1 Å². The second-order valence-corrected chi connectivity index (χ2v) is 9.23. The first-order valence-corrected chi connectivity index (χ1v) is 9.65. The third-order valence-electron chi connectivity index (χ3n) is 5.01. The van der Waals surface area contributed by atoms with Crippen molar-refractivity contribution in [3.05, 3.63) is 23.8 Å². The summed E-state index contributed by atoms with van der Waals surface area (Å²) in [5.74, 6) is -3.23. The minimum absolute atomic E-state index is 0.126. The van der Waals surface area contributed by atoms with Crippen molar-refractivity contribution in [2.24, 2.45) is 0 Å². The number of fused-ring (bicyclic) bond motifs is 2. The van der Waals surface area contributed by atoms with Gasteiger partial charge in [-0.15, -0.1) is 11.8 Å². The van der Waals surface area contributed by atoms with Crippen LogP contribution in [0, 0.1) is 0 Å². The Hall–Kier alpha value is -3.08. The standard InChI is InChI=1S/C18H17N3O7S/c1-18(2)13(17(26)27)21-15(25)12(16(21)29-18)20-14(24)7-3-4-9-8(5-7)19-10(22)6-11(23)28-9/h3-5,12-13,16H,6H2,1-2H3,(H,19,22)(H,20,24)(H,26,27)/t12-,13+,16-/m1/s1. The highest BCUT2D eigenvalue weighted by Gasteiger charge is 2.64. The molecule has 152 valence electrons. The van der Waals surface area contributed by atoms with E-state index in [0.717, 1.165) is 0 Å². The molecule has 2 fully saturated rings. The summed E-state index contributed by atoms with van der Waals surface area (Å²) < 4.78 is 4.34. The van der Waals surface area contributed by atoms with Gasteiger partial charge in [-0.1, -0.05) is 0 Å². The lowest BCUT2D eigenvalue weighted by Gasteiger charge is -2.43. The Morgan fingerprint density at radius 1 is 1.31 bits per heavy atom. The van der Waals surface area contributed by atoms with Crippen molar-refractivity contribution in [1.29, 1.82) is 0 Å². The van der Waals surface area contributed by atoms with E-state index in [4.69, 9.17) is 4.74 Å². The predicted molar refractivity (Wildman–Crippen MR) is 100 cm³/mol. The normalized spacial score (nSPS) is 27.0. The highest BCUT2D eigenvalue weighted by molar-refractivity contribution is 8.01. The monoisotopic (exact) mass is 419 g/mol. The van der Waals surface area contributed by atoms with Gasteiger partial charge in [0.05, 0.1) is 5.69 Å². The van der Waals surface area contributed by atoms with E-state index in [1.54, 1.807) is 13.8 Å². The van der Waals surface area contributed by atoms with Gasteiger partial charge in [0.1, 0.15) is 23.9 Å². The molecule has 3 aliphatic rings. The summed E-state index contributed by atoms with van der Waals surface area (Å²) in [6.07, 6.45) is -0.429. The van der Waals surface area contributed by atoms with Crippen molar-refractivity contribution in [2.75, 3.05) is 5.32 Å². The van der Waals surface area contributed by atoms with Gasteiger partial charge < -0.3 is 25.4 Å². The molecule has 3 heterocycles. The predicted octanol–water partition coefficient (Wildman–Crippen LogP) is 0.179. The van der Waals surface area contributed by atoms with Crippen LogP contribution in [0.5, 0.6) is 5.75 Å². The van der Waals surface area contributed by atoms with Crippen molar-refractivity contribution < 1.29 is 33.8 Å². The molecule has 1 aromatic carbocycles. The summed E-state index contributed by atoms with van der Waals surface area (Å²) in [5.41, 5.74) is 0.336. The van der Waals surface area contributed by atoms with Crippen LogP contribution >= 0.6 is 11.8 Å². The second-order valence-electron chi connectivity index (χ2n) is 7.46. The summed E-state index contributed by atoms with van der Waals surface area (Å²) >= 11 is 1.32. The van der Waals surface area contributed by atoms with Gasteiger partial charge in [-0.2, -0.15) is 0 Å². The molecule has 0 unspecified atom stereocenters. The molecule has 2 saturated heterocycles. The maximum Gasteiger partial charge on any atom is 0.327 e. The molecule has 0 aliphatic carbocycles. The number of β-lactam (4-membered cyclic amide) rings is 1. The van der Waals surface area contributed by atoms with E-state index in [1.165, 1.54) is 34.9 Å². The summed E-state index contributed by atoms with van der Waals surface area (Å²) in [4.78, 5) is 61.1. The molecular weight excluding hydrogens is 402 g/mol. The number of nitrogens with zero attached hydrogens (tertiary/aromatic N) is 1. The number of anilines is 1. The number of carboxylic acids is 1. The van der Waals surface area contributed by atoms with E-state index in [2.05, 4.69) is 10.6 Å². The molecule has 0 saturated carbocycles. The van der Waals surface area contributed by atoms with Crippen molar-refractivity contribution in [2.45, 2.75) is 42.5 Å². The van der Waals surface area contributed by atoms with E-state index in [-0.39, 0.29) is 17.0 Å². The average molecular weight is 419 g/mol. The summed E-state index contributed by atoms with van der Waals surface area (Å²) in [6.45, 7) is 3.49. The fourth-order valence-corrected chi connectivity index (χ4v) is 5.34. The number of rotatable bonds is 3. The van der Waals surface area contributed by atoms with Gasteiger partial charge in [0.15, 0.2) is 5.75 Å². The minimum atomic E-state index is -1.08. The lowest BCUT2D eigenvalue weighted by Crippen LogP contribution is -2.70. The Morgan fingerprint density at radius 3 is 2.72 bits per heavy atom. The summed E-state index contributed by atoms with van der Waals surface area (Å²) in [6, 6.07) is 2.34. The first kappa shape index (κ1) is 19.2. The van der Waals surface area contributed by atoms with E-state index >= 15 is 0 Å². The third-order valence-corrected chi connectivity index (χ3v) is 6.58. The first-order chi connectivity index (χ1) is 13.6. The Morgan fingerprint density at radius 2 is 2.03 bits per heavy atom. The molecule has 3 amide bonds. The van der Waals surface area contributed by atoms with Crippen LogP contribution in [0.25, 0.3) is 0 Å². The van der Waals surface area contributed by atoms with Gasteiger partial charge >= 0.3 is 11.9 Å². The number of carbonyl (C=O) groups is 5. The molecule has 0 bridgehead atoms. The fraction of sp³-hybridized carbons (Fsp3) is 0.389. The minimum Gasteiger partial charge on any atom is -0.480 e. The Kier molecular flexibility index (Phi) is 4.30. The molecule has 3 N–H and O–H groups in total. The van der Waals surface area contributed by atoms with Crippen LogP contribution in [0.2, 0.25) is 0 Å². The number of carboxylic acid groups (broad SMARTS) is 1. The zero-order valence-electron chi connectivity index (χ0n) is 15.4. The van der Waals surface area contributed by atoms with Gasteiger partial charge in [0, 0.05) is 10.3 Å². The molecule has 3 atom stereocenters. The number of hydrogen-bond donors (Lipinski definition) is 3. The molecule has 3 aliphatic heterocycles. The lowest BCUT2D eigenvalue weighted by molar-refractivity contribution is -0.159.